The highest BCUT2D eigenvalue weighted by molar-refractivity contribution is 5.75. The minimum atomic E-state index is -0.591. The van der Waals surface area contributed by atoms with Gasteiger partial charge < -0.3 is 14.7 Å². The lowest BCUT2D eigenvalue weighted by atomic mass is 10.1. The monoisotopic (exact) mass is 374 g/mol. The van der Waals surface area contributed by atoms with Crippen molar-refractivity contribution in [2.24, 2.45) is 0 Å². The lowest BCUT2D eigenvalue weighted by molar-refractivity contribution is -0.131. The molecule has 1 aliphatic heterocycles. The topological polar surface area (TPSA) is 96.6 Å². The van der Waals surface area contributed by atoms with Crippen molar-refractivity contribution >= 4 is 5.91 Å². The Hall–Kier alpha value is -2.36. The molecule has 0 spiro atoms. The number of nitrogens with zero attached hydrogens (tertiary/aromatic N) is 6. The molecule has 0 radical (unpaired) electrons. The second-order valence-electron chi connectivity index (χ2n) is 6.67. The number of amides is 1. The molecule has 2 aromatic rings. The summed E-state index contributed by atoms with van der Waals surface area (Å²) < 4.78 is 6.89. The van der Waals surface area contributed by atoms with Gasteiger partial charge in [0.25, 0.3) is 0 Å². The first-order chi connectivity index (χ1) is 13.1. The van der Waals surface area contributed by atoms with Gasteiger partial charge in [0.05, 0.1) is 25.9 Å². The minimum absolute atomic E-state index is 0.0879. The van der Waals surface area contributed by atoms with Gasteiger partial charge in [0.2, 0.25) is 5.91 Å². The van der Waals surface area contributed by atoms with Crippen LogP contribution in [0.2, 0.25) is 0 Å². The Morgan fingerprint density at radius 1 is 1.30 bits per heavy atom. The number of rotatable bonds is 8. The van der Waals surface area contributed by atoms with E-state index in [4.69, 9.17) is 4.74 Å². The van der Waals surface area contributed by atoms with Gasteiger partial charge in [-0.2, -0.15) is 0 Å². The van der Waals surface area contributed by atoms with Crippen LogP contribution in [0.25, 0.3) is 0 Å². The fourth-order valence-electron chi connectivity index (χ4n) is 2.95. The zero-order valence-electron chi connectivity index (χ0n) is 15.6. The zero-order valence-corrected chi connectivity index (χ0v) is 15.6. The van der Waals surface area contributed by atoms with E-state index >= 15 is 0 Å². The van der Waals surface area contributed by atoms with Crippen LogP contribution in [0.5, 0.6) is 0 Å². The predicted octanol–water partition coefficient (Wildman–Crippen LogP) is 0.0874. The summed E-state index contributed by atoms with van der Waals surface area (Å²) in [6.07, 6.45) is -0.117. The first-order valence-corrected chi connectivity index (χ1v) is 9.15. The van der Waals surface area contributed by atoms with Gasteiger partial charge >= 0.3 is 0 Å². The van der Waals surface area contributed by atoms with Crippen LogP contribution in [0.15, 0.2) is 30.3 Å². The molecule has 2 heterocycles. The molecule has 0 aliphatic carbocycles. The second kappa shape index (κ2) is 9.54. The standard InChI is InChI=1S/C18H26N6O3/c1-22(8-7-16(25)15-5-3-2-4-6-15)18(26)14-24-17(19-20-21-24)13-23-9-11-27-12-10-23/h2-6,16,25H,7-14H2,1H3. The van der Waals surface area contributed by atoms with E-state index in [2.05, 4.69) is 20.4 Å². The third-order valence-corrected chi connectivity index (χ3v) is 4.71. The van der Waals surface area contributed by atoms with Crippen molar-refractivity contribution in [3.63, 3.8) is 0 Å². The zero-order chi connectivity index (χ0) is 19.1. The van der Waals surface area contributed by atoms with E-state index in [1.54, 1.807) is 16.6 Å². The third-order valence-electron chi connectivity index (χ3n) is 4.71. The van der Waals surface area contributed by atoms with E-state index in [9.17, 15) is 9.90 Å². The molecule has 3 rings (SSSR count). The fourth-order valence-corrected chi connectivity index (χ4v) is 2.95. The Bertz CT molecular complexity index is 717. The number of carbonyl (C=O) groups is 1. The van der Waals surface area contributed by atoms with E-state index in [0.29, 0.717) is 38.5 Å². The van der Waals surface area contributed by atoms with Gasteiger partial charge in [-0.15, -0.1) is 5.10 Å². The van der Waals surface area contributed by atoms with Crippen molar-refractivity contribution in [3.8, 4) is 0 Å². The molecule has 9 nitrogen and oxygen atoms in total. The van der Waals surface area contributed by atoms with Crippen molar-refractivity contribution in [2.75, 3.05) is 39.9 Å². The van der Waals surface area contributed by atoms with Gasteiger partial charge in [-0.1, -0.05) is 30.3 Å². The van der Waals surface area contributed by atoms with Crippen LogP contribution in [-0.2, 0) is 22.6 Å². The number of aliphatic hydroxyl groups excluding tert-OH is 1. The Morgan fingerprint density at radius 3 is 2.78 bits per heavy atom. The molecular weight excluding hydrogens is 348 g/mol. The molecule has 1 aromatic carbocycles. The summed E-state index contributed by atoms with van der Waals surface area (Å²) in [5.74, 6) is 0.578. The average molecular weight is 374 g/mol. The van der Waals surface area contributed by atoms with Crippen LogP contribution in [0, 0.1) is 0 Å². The Kier molecular flexibility index (Phi) is 6.86. The third kappa shape index (κ3) is 5.56. The van der Waals surface area contributed by atoms with Gasteiger partial charge in [0.15, 0.2) is 5.82 Å². The largest absolute Gasteiger partial charge is 0.388 e. The summed E-state index contributed by atoms with van der Waals surface area (Å²) in [5, 5.41) is 21.9. The van der Waals surface area contributed by atoms with Gasteiger partial charge in [0.1, 0.15) is 6.54 Å². The Labute approximate surface area is 158 Å². The number of hydrogen-bond donors (Lipinski definition) is 1. The Balaban J connectivity index is 1.49. The first-order valence-electron chi connectivity index (χ1n) is 9.15. The van der Waals surface area contributed by atoms with Crippen molar-refractivity contribution in [1.29, 1.82) is 0 Å². The lowest BCUT2D eigenvalue weighted by Gasteiger charge is -2.26. The van der Waals surface area contributed by atoms with Crippen molar-refractivity contribution in [1.82, 2.24) is 30.0 Å². The van der Waals surface area contributed by atoms with Gasteiger partial charge in [-0.3, -0.25) is 9.69 Å². The van der Waals surface area contributed by atoms with Gasteiger partial charge in [-0.05, 0) is 22.4 Å². The van der Waals surface area contributed by atoms with Crippen LogP contribution in [-0.4, -0.2) is 80.9 Å². The molecule has 1 atom stereocenters. The molecule has 1 aromatic heterocycles. The van der Waals surface area contributed by atoms with Crippen molar-refractivity contribution in [3.05, 3.63) is 41.7 Å². The number of aromatic nitrogens is 4. The summed E-state index contributed by atoms with van der Waals surface area (Å²) in [4.78, 5) is 16.3. The maximum atomic E-state index is 12.5. The van der Waals surface area contributed by atoms with Crippen molar-refractivity contribution < 1.29 is 14.6 Å². The molecule has 27 heavy (non-hydrogen) atoms. The molecular formula is C18H26N6O3. The van der Waals surface area contributed by atoms with Gasteiger partial charge in [0, 0.05) is 26.7 Å². The van der Waals surface area contributed by atoms with E-state index in [0.717, 1.165) is 18.7 Å². The highest BCUT2D eigenvalue weighted by Gasteiger charge is 2.18. The number of tetrazole rings is 1. The number of ether oxygens (including phenoxy) is 1. The maximum absolute atomic E-state index is 12.5. The maximum Gasteiger partial charge on any atom is 0.244 e. The SMILES string of the molecule is CN(CCC(O)c1ccccc1)C(=O)Cn1nnnc1CN1CCOCC1. The molecule has 1 aliphatic rings. The molecule has 146 valence electrons. The quantitative estimate of drug-likeness (QED) is 0.699. The van der Waals surface area contributed by atoms with Crippen LogP contribution < -0.4 is 0 Å². The van der Waals surface area contributed by atoms with Gasteiger partial charge in [-0.25, -0.2) is 4.68 Å². The van der Waals surface area contributed by atoms with Crippen LogP contribution in [0.1, 0.15) is 23.9 Å². The molecule has 0 saturated carbocycles. The highest BCUT2D eigenvalue weighted by atomic mass is 16.5. The summed E-state index contributed by atoms with van der Waals surface area (Å²) in [6.45, 7) is 4.20. The van der Waals surface area contributed by atoms with E-state index in [1.807, 2.05) is 30.3 Å². The van der Waals surface area contributed by atoms with E-state index in [-0.39, 0.29) is 12.5 Å². The number of likely N-dealkylation sites (N-methyl/N-ethyl adjacent to an activating group) is 1. The van der Waals surface area contributed by atoms with Crippen molar-refractivity contribution in [2.45, 2.75) is 25.6 Å². The summed E-state index contributed by atoms with van der Waals surface area (Å²) in [7, 11) is 1.73. The molecule has 1 amide bonds. The van der Waals surface area contributed by atoms with Crippen LogP contribution in [0.4, 0.5) is 0 Å². The molecule has 9 heteroatoms. The Morgan fingerprint density at radius 2 is 2.04 bits per heavy atom. The summed E-state index contributed by atoms with van der Waals surface area (Å²) in [6, 6.07) is 9.45. The predicted molar refractivity (Wildman–Crippen MR) is 97.6 cm³/mol. The average Bonchev–Trinajstić information content (AvgIpc) is 3.13. The van der Waals surface area contributed by atoms with Crippen LogP contribution >= 0.6 is 0 Å². The summed E-state index contributed by atoms with van der Waals surface area (Å²) >= 11 is 0. The minimum Gasteiger partial charge on any atom is -0.388 e. The molecule has 1 unspecified atom stereocenters. The van der Waals surface area contributed by atoms with E-state index in [1.165, 1.54) is 0 Å². The number of benzene rings is 1. The smallest absolute Gasteiger partial charge is 0.244 e. The molecule has 1 fully saturated rings. The number of carbonyl (C=O) groups excluding carboxylic acids is 1. The summed E-state index contributed by atoms with van der Waals surface area (Å²) in [5.41, 5.74) is 0.853. The molecule has 0 bridgehead atoms. The highest BCUT2D eigenvalue weighted by Crippen LogP contribution is 2.16. The number of morpholine rings is 1. The van der Waals surface area contributed by atoms with Crippen LogP contribution in [0.3, 0.4) is 0 Å². The fraction of sp³-hybridized carbons (Fsp3) is 0.556. The number of hydrogen-bond acceptors (Lipinski definition) is 7. The molecule has 1 saturated heterocycles. The van der Waals surface area contributed by atoms with E-state index < -0.39 is 6.10 Å². The first kappa shape index (κ1) is 19.4. The normalized spacial score (nSPS) is 16.2. The number of aliphatic hydroxyl groups is 1. The lowest BCUT2D eigenvalue weighted by Crippen LogP contribution is -2.37. The molecule has 1 N–H and O–H groups in total. The second-order valence-corrected chi connectivity index (χ2v) is 6.67.